The molecule has 0 aliphatic heterocycles. The number of benzene rings is 1. The third-order valence-electron chi connectivity index (χ3n) is 1.89. The van der Waals surface area contributed by atoms with Crippen molar-refractivity contribution in [2.24, 2.45) is 0 Å². The van der Waals surface area contributed by atoms with E-state index < -0.39 is 15.7 Å². The summed E-state index contributed by atoms with van der Waals surface area (Å²) in [5, 5.41) is 21.3. The van der Waals surface area contributed by atoms with Gasteiger partial charge in [0.05, 0.1) is 11.0 Å². The van der Waals surface area contributed by atoms with Crippen molar-refractivity contribution in [2.75, 3.05) is 0 Å². The van der Waals surface area contributed by atoms with E-state index in [1.165, 1.54) is 18.2 Å². The van der Waals surface area contributed by atoms with Gasteiger partial charge in [0.2, 0.25) is 5.58 Å². The molecule has 7 nitrogen and oxygen atoms in total. The largest absolute Gasteiger partial charge is 0.434 e. The second-order valence-electron chi connectivity index (χ2n) is 2.79. The molecular weight excluding hydrogens is 204 g/mol. The first-order valence-corrected chi connectivity index (χ1v) is 3.91. The molecule has 1 aromatic heterocycles. The molecule has 0 fully saturated rings. The number of nitro benzene ring substituents is 1. The summed E-state index contributed by atoms with van der Waals surface area (Å²) < 4.78 is 4.78. The Labute approximate surface area is 82.2 Å². The van der Waals surface area contributed by atoms with Gasteiger partial charge in [0.1, 0.15) is 4.92 Å². The van der Waals surface area contributed by atoms with E-state index in [1.807, 2.05) is 0 Å². The zero-order valence-electron chi connectivity index (χ0n) is 7.25. The third-order valence-corrected chi connectivity index (χ3v) is 1.89. The molecule has 0 atom stereocenters. The van der Waals surface area contributed by atoms with Crippen LogP contribution in [0.25, 0.3) is 11.0 Å². The van der Waals surface area contributed by atoms with Crippen molar-refractivity contribution in [3.05, 3.63) is 44.5 Å². The topological polar surface area (TPSA) is 99.4 Å². The molecule has 0 aliphatic rings. The van der Waals surface area contributed by atoms with Crippen LogP contribution in [0.5, 0.6) is 0 Å². The van der Waals surface area contributed by atoms with Crippen molar-refractivity contribution in [2.45, 2.75) is 0 Å². The second-order valence-corrected chi connectivity index (χ2v) is 2.79. The van der Waals surface area contributed by atoms with Crippen LogP contribution in [-0.4, -0.2) is 9.85 Å². The van der Waals surface area contributed by atoms with Gasteiger partial charge in [0.25, 0.3) is 0 Å². The zero-order valence-corrected chi connectivity index (χ0v) is 7.25. The van der Waals surface area contributed by atoms with Crippen LogP contribution in [-0.2, 0) is 0 Å². The number of rotatable bonds is 2. The fourth-order valence-electron chi connectivity index (χ4n) is 1.27. The predicted molar refractivity (Wildman–Crippen MR) is 49.5 cm³/mol. The molecular formula is C8H4N2O5. The summed E-state index contributed by atoms with van der Waals surface area (Å²) in [6.07, 6.45) is 0. The lowest BCUT2D eigenvalue weighted by Crippen LogP contribution is -1.87. The van der Waals surface area contributed by atoms with Crippen LogP contribution in [0.15, 0.2) is 28.7 Å². The molecule has 0 saturated carbocycles. The van der Waals surface area contributed by atoms with Crippen molar-refractivity contribution in [1.82, 2.24) is 0 Å². The normalized spacial score (nSPS) is 10.4. The molecule has 0 amide bonds. The molecule has 0 N–H and O–H groups in total. The lowest BCUT2D eigenvalue weighted by atomic mass is 10.2. The molecule has 2 aromatic rings. The van der Waals surface area contributed by atoms with Gasteiger partial charge in [-0.1, -0.05) is 12.1 Å². The summed E-state index contributed by atoms with van der Waals surface area (Å²) in [5.74, 6) is -0.501. The first-order chi connectivity index (χ1) is 7.09. The fraction of sp³-hybridized carbons (Fsp3) is 0. The number of nitro groups is 2. The van der Waals surface area contributed by atoms with Crippen LogP contribution < -0.4 is 0 Å². The molecule has 0 unspecified atom stereocenters. The molecule has 0 bridgehead atoms. The maximum atomic E-state index is 10.6. The first kappa shape index (κ1) is 9.13. The number of hydrogen-bond acceptors (Lipinski definition) is 5. The lowest BCUT2D eigenvalue weighted by molar-refractivity contribution is -0.402. The van der Waals surface area contributed by atoms with Gasteiger partial charge in [-0.05, 0) is 0 Å². The molecule has 0 spiro atoms. The maximum Gasteiger partial charge on any atom is 0.434 e. The Kier molecular flexibility index (Phi) is 1.86. The van der Waals surface area contributed by atoms with E-state index in [2.05, 4.69) is 0 Å². The number of nitrogens with zero attached hydrogens (tertiary/aromatic N) is 2. The van der Waals surface area contributed by atoms with E-state index in [-0.39, 0.29) is 11.3 Å². The SMILES string of the molecule is O=[N+]([O-])c1cc2cccc([N+](=O)[O-])c2o1. The van der Waals surface area contributed by atoms with Gasteiger partial charge in [-0.3, -0.25) is 20.2 Å². The minimum Gasteiger partial charge on any atom is -0.393 e. The Morgan fingerprint density at radius 3 is 2.47 bits per heavy atom. The molecule has 1 heterocycles. The smallest absolute Gasteiger partial charge is 0.393 e. The van der Waals surface area contributed by atoms with Crippen molar-refractivity contribution in [3.8, 4) is 0 Å². The van der Waals surface area contributed by atoms with E-state index in [0.717, 1.165) is 6.07 Å². The summed E-state index contributed by atoms with van der Waals surface area (Å²) >= 11 is 0. The summed E-state index contributed by atoms with van der Waals surface area (Å²) in [7, 11) is 0. The summed E-state index contributed by atoms with van der Waals surface area (Å²) in [5.41, 5.74) is -0.352. The molecule has 0 saturated heterocycles. The molecule has 15 heavy (non-hydrogen) atoms. The highest BCUT2D eigenvalue weighted by molar-refractivity contribution is 5.87. The maximum absolute atomic E-state index is 10.6. The van der Waals surface area contributed by atoms with Gasteiger partial charge >= 0.3 is 11.6 Å². The first-order valence-electron chi connectivity index (χ1n) is 3.91. The highest BCUT2D eigenvalue weighted by Crippen LogP contribution is 2.31. The van der Waals surface area contributed by atoms with Crippen LogP contribution in [0.4, 0.5) is 11.6 Å². The van der Waals surface area contributed by atoms with E-state index in [9.17, 15) is 20.2 Å². The number of hydrogen-bond donors (Lipinski definition) is 0. The fourth-order valence-corrected chi connectivity index (χ4v) is 1.27. The van der Waals surface area contributed by atoms with Crippen LogP contribution in [0.2, 0.25) is 0 Å². The quantitative estimate of drug-likeness (QED) is 0.556. The number of fused-ring (bicyclic) bond motifs is 1. The molecule has 1 aromatic carbocycles. The third kappa shape index (κ3) is 1.39. The Hall–Kier alpha value is -2.44. The summed E-state index contributed by atoms with van der Waals surface area (Å²) in [4.78, 5) is 19.6. The van der Waals surface area contributed by atoms with Crippen LogP contribution >= 0.6 is 0 Å². The number of furan rings is 1. The summed E-state index contributed by atoms with van der Waals surface area (Å²) in [6, 6.07) is 5.34. The van der Waals surface area contributed by atoms with Crippen LogP contribution in [0.3, 0.4) is 0 Å². The average Bonchev–Trinajstić information content (AvgIpc) is 2.60. The Morgan fingerprint density at radius 2 is 1.87 bits per heavy atom. The lowest BCUT2D eigenvalue weighted by Gasteiger charge is -1.89. The van der Waals surface area contributed by atoms with E-state index in [4.69, 9.17) is 4.42 Å². The van der Waals surface area contributed by atoms with Gasteiger partial charge in [0.15, 0.2) is 0 Å². The Bertz CT molecular complexity index is 559. The number of para-hydroxylation sites is 1. The van der Waals surface area contributed by atoms with E-state index in [1.54, 1.807) is 0 Å². The molecule has 76 valence electrons. The predicted octanol–water partition coefficient (Wildman–Crippen LogP) is 2.25. The van der Waals surface area contributed by atoms with Crippen molar-refractivity contribution in [3.63, 3.8) is 0 Å². The molecule has 0 radical (unpaired) electrons. The Morgan fingerprint density at radius 1 is 1.13 bits per heavy atom. The van der Waals surface area contributed by atoms with Gasteiger partial charge in [-0.25, -0.2) is 0 Å². The van der Waals surface area contributed by atoms with Crippen molar-refractivity contribution >= 4 is 22.5 Å². The standard InChI is InChI=1S/C8H4N2O5/c11-9(12)6-3-1-2-5-4-7(10(13)14)15-8(5)6/h1-4H. The van der Waals surface area contributed by atoms with Gasteiger partial charge < -0.3 is 4.42 Å². The van der Waals surface area contributed by atoms with E-state index >= 15 is 0 Å². The second kappa shape index (κ2) is 3.05. The summed E-state index contributed by atoms with van der Waals surface area (Å²) in [6.45, 7) is 0. The van der Waals surface area contributed by atoms with Crippen LogP contribution in [0, 0.1) is 20.2 Å². The average molecular weight is 208 g/mol. The van der Waals surface area contributed by atoms with Crippen molar-refractivity contribution < 1.29 is 14.3 Å². The van der Waals surface area contributed by atoms with Gasteiger partial charge in [-0.15, -0.1) is 0 Å². The Balaban J connectivity index is 2.75. The molecule has 7 heteroatoms. The monoisotopic (exact) mass is 208 g/mol. The van der Waals surface area contributed by atoms with Crippen LogP contribution in [0.1, 0.15) is 0 Å². The highest BCUT2D eigenvalue weighted by Gasteiger charge is 2.20. The minimum absolute atomic E-state index is 0.0748. The molecule has 2 rings (SSSR count). The highest BCUT2D eigenvalue weighted by atomic mass is 16.7. The van der Waals surface area contributed by atoms with E-state index in [0.29, 0.717) is 5.39 Å². The van der Waals surface area contributed by atoms with Gasteiger partial charge in [-0.2, -0.15) is 0 Å². The minimum atomic E-state index is -0.732. The number of non-ortho nitro benzene ring substituents is 1. The van der Waals surface area contributed by atoms with Gasteiger partial charge in [0, 0.05) is 11.5 Å². The zero-order chi connectivity index (χ0) is 11.0. The van der Waals surface area contributed by atoms with Crippen molar-refractivity contribution in [1.29, 1.82) is 0 Å². The molecule has 0 aliphatic carbocycles.